The van der Waals surface area contributed by atoms with Crippen LogP contribution >= 0.6 is 0 Å². The summed E-state index contributed by atoms with van der Waals surface area (Å²) in [5.74, 6) is 0.502. The third-order valence-electron chi connectivity index (χ3n) is 4.95. The smallest absolute Gasteiger partial charge is 0.224 e. The molecule has 5 nitrogen and oxygen atoms in total. The SMILES string of the molecule is Cc1cccc(C2CC2C(=O)NC(Cn2cncn2)c2ccccc2)c1. The fraction of sp³-hybridized carbons (Fsp3) is 0.286. The maximum Gasteiger partial charge on any atom is 0.224 e. The Morgan fingerprint density at radius 3 is 2.81 bits per heavy atom. The first-order valence-corrected chi connectivity index (χ1v) is 8.95. The summed E-state index contributed by atoms with van der Waals surface area (Å²) in [6.07, 6.45) is 4.10. The van der Waals surface area contributed by atoms with Crippen LogP contribution < -0.4 is 5.32 Å². The van der Waals surface area contributed by atoms with Gasteiger partial charge in [0, 0.05) is 5.92 Å². The topological polar surface area (TPSA) is 59.8 Å². The van der Waals surface area contributed by atoms with E-state index in [0.29, 0.717) is 12.5 Å². The highest BCUT2D eigenvalue weighted by molar-refractivity contribution is 5.83. The van der Waals surface area contributed by atoms with Gasteiger partial charge in [0.2, 0.25) is 5.91 Å². The molecule has 0 radical (unpaired) electrons. The number of carbonyl (C=O) groups excluding carboxylic acids is 1. The lowest BCUT2D eigenvalue weighted by molar-refractivity contribution is -0.123. The van der Waals surface area contributed by atoms with E-state index in [1.165, 1.54) is 17.5 Å². The second-order valence-electron chi connectivity index (χ2n) is 6.95. The van der Waals surface area contributed by atoms with Gasteiger partial charge in [0.1, 0.15) is 12.7 Å². The summed E-state index contributed by atoms with van der Waals surface area (Å²) in [6, 6.07) is 18.4. The molecule has 1 aliphatic rings. The molecule has 2 aromatic carbocycles. The third kappa shape index (κ3) is 3.67. The number of amides is 1. The highest BCUT2D eigenvalue weighted by Gasteiger charge is 2.44. The largest absolute Gasteiger partial charge is 0.347 e. The minimum atomic E-state index is -0.121. The Hall–Kier alpha value is -2.95. The molecule has 3 unspecified atom stereocenters. The van der Waals surface area contributed by atoms with E-state index in [4.69, 9.17) is 0 Å². The van der Waals surface area contributed by atoms with Crippen molar-refractivity contribution in [1.82, 2.24) is 20.1 Å². The van der Waals surface area contributed by atoms with Crippen molar-refractivity contribution in [3.63, 3.8) is 0 Å². The molecule has 4 rings (SSSR count). The standard InChI is InChI=1S/C21H22N4O/c1-15-6-5-9-17(10-15)18-11-19(18)21(26)24-20(12-25-14-22-13-23-25)16-7-3-2-4-8-16/h2-10,13-14,18-20H,11-12H2,1H3,(H,24,26). The van der Waals surface area contributed by atoms with Gasteiger partial charge in [0.05, 0.1) is 12.6 Å². The summed E-state index contributed by atoms with van der Waals surface area (Å²) in [5.41, 5.74) is 3.57. The molecule has 26 heavy (non-hydrogen) atoms. The van der Waals surface area contributed by atoms with Gasteiger partial charge in [-0.3, -0.25) is 9.48 Å². The molecule has 132 valence electrons. The van der Waals surface area contributed by atoms with E-state index in [-0.39, 0.29) is 17.9 Å². The summed E-state index contributed by atoms with van der Waals surface area (Å²) in [5, 5.41) is 7.40. The maximum absolute atomic E-state index is 12.8. The zero-order valence-electron chi connectivity index (χ0n) is 14.7. The Bertz CT molecular complexity index is 876. The van der Waals surface area contributed by atoms with Crippen LogP contribution in [0.2, 0.25) is 0 Å². The molecule has 3 aromatic rings. The normalized spacial score (nSPS) is 19.7. The minimum Gasteiger partial charge on any atom is -0.347 e. The van der Waals surface area contributed by atoms with Crippen molar-refractivity contribution in [2.75, 3.05) is 0 Å². The molecule has 1 heterocycles. The van der Waals surface area contributed by atoms with E-state index in [0.717, 1.165) is 12.0 Å². The van der Waals surface area contributed by atoms with Gasteiger partial charge in [-0.25, -0.2) is 4.98 Å². The minimum absolute atomic E-state index is 0.0544. The van der Waals surface area contributed by atoms with Crippen LogP contribution in [0.1, 0.15) is 35.1 Å². The summed E-state index contributed by atoms with van der Waals surface area (Å²) < 4.78 is 1.75. The number of hydrogen-bond acceptors (Lipinski definition) is 3. The van der Waals surface area contributed by atoms with Gasteiger partial charge >= 0.3 is 0 Å². The molecule has 1 aliphatic carbocycles. The zero-order chi connectivity index (χ0) is 17.9. The average Bonchev–Trinajstić information content (AvgIpc) is 3.31. The lowest BCUT2D eigenvalue weighted by Gasteiger charge is -2.19. The van der Waals surface area contributed by atoms with E-state index in [2.05, 4.69) is 46.6 Å². The Balaban J connectivity index is 1.46. The van der Waals surface area contributed by atoms with Gasteiger partial charge in [-0.05, 0) is 30.4 Å². The van der Waals surface area contributed by atoms with Crippen LogP contribution in [0.4, 0.5) is 0 Å². The van der Waals surface area contributed by atoms with E-state index in [9.17, 15) is 4.79 Å². The molecule has 3 atom stereocenters. The van der Waals surface area contributed by atoms with Crippen LogP contribution in [0.5, 0.6) is 0 Å². The first kappa shape index (κ1) is 16.5. The molecular formula is C21H22N4O. The molecule has 0 bridgehead atoms. The predicted molar refractivity (Wildman–Crippen MR) is 99.4 cm³/mol. The number of hydrogen-bond donors (Lipinski definition) is 1. The molecule has 5 heteroatoms. The number of rotatable bonds is 6. The lowest BCUT2D eigenvalue weighted by Crippen LogP contribution is -2.33. The van der Waals surface area contributed by atoms with Gasteiger partial charge in [0.25, 0.3) is 0 Å². The number of aryl methyl sites for hydroxylation is 1. The quantitative estimate of drug-likeness (QED) is 0.745. The van der Waals surface area contributed by atoms with Crippen LogP contribution in [-0.4, -0.2) is 20.7 Å². The van der Waals surface area contributed by atoms with Gasteiger partial charge in [-0.1, -0.05) is 60.2 Å². The van der Waals surface area contributed by atoms with Crippen molar-refractivity contribution in [3.8, 4) is 0 Å². The van der Waals surface area contributed by atoms with Gasteiger partial charge in [-0.2, -0.15) is 5.10 Å². The average molecular weight is 346 g/mol. The second-order valence-corrected chi connectivity index (χ2v) is 6.95. The number of benzene rings is 2. The predicted octanol–water partition coefficient (Wildman–Crippen LogP) is 3.25. The second kappa shape index (κ2) is 7.12. The number of nitrogens with one attached hydrogen (secondary N) is 1. The van der Waals surface area contributed by atoms with E-state index in [1.807, 2.05) is 30.3 Å². The first-order valence-electron chi connectivity index (χ1n) is 8.95. The van der Waals surface area contributed by atoms with Gasteiger partial charge in [-0.15, -0.1) is 0 Å². The summed E-state index contributed by atoms with van der Waals surface area (Å²) in [6.45, 7) is 2.65. The Morgan fingerprint density at radius 2 is 2.08 bits per heavy atom. The van der Waals surface area contributed by atoms with Crippen molar-refractivity contribution in [3.05, 3.63) is 83.9 Å². The Kier molecular flexibility index (Phi) is 4.52. The van der Waals surface area contributed by atoms with Crippen LogP contribution in [-0.2, 0) is 11.3 Å². The van der Waals surface area contributed by atoms with Crippen molar-refractivity contribution >= 4 is 5.91 Å². The molecule has 1 saturated carbocycles. The summed E-state index contributed by atoms with van der Waals surface area (Å²) in [7, 11) is 0. The molecule has 1 N–H and O–H groups in total. The molecule has 0 aliphatic heterocycles. The van der Waals surface area contributed by atoms with Crippen LogP contribution in [0, 0.1) is 12.8 Å². The summed E-state index contributed by atoms with van der Waals surface area (Å²) >= 11 is 0. The number of aromatic nitrogens is 3. The molecule has 0 saturated heterocycles. The van der Waals surface area contributed by atoms with Crippen LogP contribution in [0.3, 0.4) is 0 Å². The highest BCUT2D eigenvalue weighted by atomic mass is 16.2. The fourth-order valence-electron chi connectivity index (χ4n) is 3.47. The maximum atomic E-state index is 12.8. The van der Waals surface area contributed by atoms with E-state index < -0.39 is 0 Å². The molecule has 1 fully saturated rings. The number of nitrogens with zero attached hydrogens (tertiary/aromatic N) is 3. The van der Waals surface area contributed by atoms with E-state index in [1.54, 1.807) is 11.0 Å². The van der Waals surface area contributed by atoms with Crippen molar-refractivity contribution in [1.29, 1.82) is 0 Å². The van der Waals surface area contributed by atoms with E-state index >= 15 is 0 Å². The van der Waals surface area contributed by atoms with Crippen LogP contribution in [0.15, 0.2) is 67.3 Å². The molecule has 1 amide bonds. The van der Waals surface area contributed by atoms with Gasteiger partial charge in [0.15, 0.2) is 0 Å². The Labute approximate surface area is 153 Å². The fourth-order valence-corrected chi connectivity index (χ4v) is 3.47. The zero-order valence-corrected chi connectivity index (χ0v) is 14.7. The monoisotopic (exact) mass is 346 g/mol. The first-order chi connectivity index (χ1) is 12.7. The van der Waals surface area contributed by atoms with Gasteiger partial charge < -0.3 is 5.32 Å². The Morgan fingerprint density at radius 1 is 1.23 bits per heavy atom. The van der Waals surface area contributed by atoms with Crippen molar-refractivity contribution in [2.45, 2.75) is 31.8 Å². The van der Waals surface area contributed by atoms with Crippen molar-refractivity contribution < 1.29 is 4.79 Å². The molecule has 1 aromatic heterocycles. The third-order valence-corrected chi connectivity index (χ3v) is 4.95. The molecule has 0 spiro atoms. The van der Waals surface area contributed by atoms with Crippen LogP contribution in [0.25, 0.3) is 0 Å². The van der Waals surface area contributed by atoms with Crippen molar-refractivity contribution in [2.24, 2.45) is 5.92 Å². The number of carbonyl (C=O) groups is 1. The summed E-state index contributed by atoms with van der Waals surface area (Å²) in [4.78, 5) is 16.8. The highest BCUT2D eigenvalue weighted by Crippen LogP contribution is 2.47. The molecular weight excluding hydrogens is 324 g/mol. The lowest BCUT2D eigenvalue weighted by atomic mass is 10.0.